The molecule has 0 aromatic carbocycles. The first-order valence-corrected chi connectivity index (χ1v) is 6.23. The molecule has 1 N–H and O–H groups in total. The molecular formula is C12H15N5O2. The first-order chi connectivity index (χ1) is 9.04. The summed E-state index contributed by atoms with van der Waals surface area (Å²) in [5, 5.41) is 13.7. The Morgan fingerprint density at radius 3 is 2.89 bits per heavy atom. The molecule has 1 atom stereocenters. The maximum atomic E-state index is 12.2. The highest BCUT2D eigenvalue weighted by molar-refractivity contribution is 5.91. The molecule has 0 aliphatic carbocycles. The van der Waals surface area contributed by atoms with Crippen LogP contribution in [-0.2, 0) is 0 Å². The number of aliphatic hydroxyl groups excluding tert-OH is 1. The molecule has 19 heavy (non-hydrogen) atoms. The summed E-state index contributed by atoms with van der Waals surface area (Å²) in [6.07, 6.45) is 0.165. The van der Waals surface area contributed by atoms with E-state index >= 15 is 0 Å². The van der Waals surface area contributed by atoms with Crippen molar-refractivity contribution in [1.82, 2.24) is 24.5 Å². The zero-order valence-electron chi connectivity index (χ0n) is 10.9. The van der Waals surface area contributed by atoms with Crippen molar-refractivity contribution < 1.29 is 9.90 Å². The van der Waals surface area contributed by atoms with Gasteiger partial charge >= 0.3 is 0 Å². The maximum absolute atomic E-state index is 12.2. The number of hydrogen-bond acceptors (Lipinski definition) is 5. The summed E-state index contributed by atoms with van der Waals surface area (Å²) in [4.78, 5) is 22.2. The summed E-state index contributed by atoms with van der Waals surface area (Å²) in [5.41, 5.74) is 1.73. The van der Waals surface area contributed by atoms with Crippen LogP contribution in [-0.4, -0.2) is 54.7 Å². The number of hydrogen-bond donors (Lipinski definition) is 1. The van der Waals surface area contributed by atoms with Gasteiger partial charge in [0.25, 0.3) is 11.7 Å². The van der Waals surface area contributed by atoms with Crippen LogP contribution < -0.4 is 0 Å². The Bertz CT molecular complexity index is 651. The number of carbonyl (C=O) groups excluding carboxylic acids is 1. The maximum Gasteiger partial charge on any atom is 0.293 e. The Hall–Kier alpha value is -2.02. The Morgan fingerprint density at radius 1 is 1.42 bits per heavy atom. The third-order valence-corrected chi connectivity index (χ3v) is 3.26. The van der Waals surface area contributed by atoms with Crippen molar-refractivity contribution >= 4 is 11.7 Å². The minimum absolute atomic E-state index is 0.135. The first kappa shape index (κ1) is 12.0. The van der Waals surface area contributed by atoms with Gasteiger partial charge < -0.3 is 10.0 Å². The van der Waals surface area contributed by atoms with E-state index in [1.807, 2.05) is 19.9 Å². The number of aliphatic hydroxyl groups is 1. The van der Waals surface area contributed by atoms with Gasteiger partial charge in [-0.15, -0.1) is 5.10 Å². The lowest BCUT2D eigenvalue weighted by Gasteiger charge is -2.12. The second-order valence-corrected chi connectivity index (χ2v) is 4.88. The number of aryl methyl sites for hydroxylation is 2. The molecule has 0 radical (unpaired) electrons. The average Bonchev–Trinajstić information content (AvgIpc) is 2.94. The minimum Gasteiger partial charge on any atom is -0.391 e. The van der Waals surface area contributed by atoms with Crippen molar-refractivity contribution in [2.45, 2.75) is 26.4 Å². The van der Waals surface area contributed by atoms with Gasteiger partial charge in [-0.1, -0.05) is 0 Å². The van der Waals surface area contributed by atoms with E-state index in [1.54, 1.807) is 9.42 Å². The fourth-order valence-corrected chi connectivity index (χ4v) is 2.32. The minimum atomic E-state index is -0.442. The molecular weight excluding hydrogens is 246 g/mol. The van der Waals surface area contributed by atoms with Gasteiger partial charge in [-0.05, 0) is 26.3 Å². The van der Waals surface area contributed by atoms with E-state index in [1.165, 1.54) is 0 Å². The number of aromatic nitrogens is 4. The van der Waals surface area contributed by atoms with Crippen molar-refractivity contribution in [2.24, 2.45) is 0 Å². The summed E-state index contributed by atoms with van der Waals surface area (Å²) in [5.74, 6) is 0.315. The van der Waals surface area contributed by atoms with Gasteiger partial charge in [-0.25, -0.2) is 9.50 Å². The lowest BCUT2D eigenvalue weighted by atomic mass is 10.3. The highest BCUT2D eigenvalue weighted by Crippen LogP contribution is 2.13. The summed E-state index contributed by atoms with van der Waals surface area (Å²) in [7, 11) is 0. The highest BCUT2D eigenvalue weighted by Gasteiger charge is 2.28. The molecule has 2 aromatic rings. The second-order valence-electron chi connectivity index (χ2n) is 4.88. The predicted octanol–water partition coefficient (Wildman–Crippen LogP) is -0.0521. The molecule has 0 spiro atoms. The molecule has 3 rings (SSSR count). The number of nitrogens with zero attached hydrogens (tertiary/aromatic N) is 5. The van der Waals surface area contributed by atoms with Gasteiger partial charge in [-0.2, -0.15) is 4.98 Å². The van der Waals surface area contributed by atoms with E-state index < -0.39 is 6.10 Å². The van der Waals surface area contributed by atoms with Gasteiger partial charge in [0.2, 0.25) is 5.82 Å². The Balaban J connectivity index is 1.97. The number of β-amino-alcohol motifs (C(OH)–C–C–N with tert-alkyl or cyclic N) is 1. The average molecular weight is 261 g/mol. The molecule has 7 nitrogen and oxygen atoms in total. The summed E-state index contributed by atoms with van der Waals surface area (Å²) < 4.78 is 1.56. The van der Waals surface area contributed by atoms with Gasteiger partial charge in [0, 0.05) is 24.5 Å². The van der Waals surface area contributed by atoms with Crippen molar-refractivity contribution in [1.29, 1.82) is 0 Å². The quantitative estimate of drug-likeness (QED) is 0.778. The third-order valence-electron chi connectivity index (χ3n) is 3.26. The number of fused-ring (bicyclic) bond motifs is 1. The summed E-state index contributed by atoms with van der Waals surface area (Å²) in [6, 6.07) is 1.88. The van der Waals surface area contributed by atoms with Crippen LogP contribution >= 0.6 is 0 Å². The molecule has 1 amide bonds. The normalized spacial score (nSPS) is 19.3. The molecule has 1 unspecified atom stereocenters. The monoisotopic (exact) mass is 261 g/mol. The largest absolute Gasteiger partial charge is 0.391 e. The van der Waals surface area contributed by atoms with E-state index in [-0.39, 0.29) is 11.7 Å². The Labute approximate surface area is 109 Å². The standard InChI is InChI=1S/C12H15N5O2/c1-7-5-8(2)17-12(13-7)14-10(15-17)11(19)16-4-3-9(18)6-16/h5,9,18H,3-4,6H2,1-2H3. The molecule has 2 aromatic heterocycles. The molecule has 0 bridgehead atoms. The fourth-order valence-electron chi connectivity index (χ4n) is 2.32. The molecule has 7 heteroatoms. The SMILES string of the molecule is Cc1cc(C)n2nc(C(=O)N3CCC(O)C3)nc2n1. The van der Waals surface area contributed by atoms with Crippen LogP contribution in [0, 0.1) is 13.8 Å². The van der Waals surface area contributed by atoms with Crippen molar-refractivity contribution in [3.63, 3.8) is 0 Å². The van der Waals surface area contributed by atoms with Crippen molar-refractivity contribution in [2.75, 3.05) is 13.1 Å². The van der Waals surface area contributed by atoms with Crippen LogP contribution in [0.4, 0.5) is 0 Å². The van der Waals surface area contributed by atoms with Crippen LogP contribution in [0.1, 0.15) is 28.4 Å². The Morgan fingerprint density at radius 2 is 2.21 bits per heavy atom. The van der Waals surface area contributed by atoms with Crippen LogP contribution in [0.15, 0.2) is 6.07 Å². The smallest absolute Gasteiger partial charge is 0.293 e. The number of amides is 1. The predicted molar refractivity (Wildman–Crippen MR) is 66.8 cm³/mol. The Kier molecular flexibility index (Phi) is 2.70. The van der Waals surface area contributed by atoms with E-state index in [2.05, 4.69) is 15.1 Å². The van der Waals surface area contributed by atoms with Crippen molar-refractivity contribution in [3.05, 3.63) is 23.3 Å². The van der Waals surface area contributed by atoms with Gasteiger partial charge in [0.1, 0.15) is 0 Å². The van der Waals surface area contributed by atoms with Crippen LogP contribution in [0.3, 0.4) is 0 Å². The van der Waals surface area contributed by atoms with E-state index in [9.17, 15) is 9.90 Å². The van der Waals surface area contributed by atoms with Crippen molar-refractivity contribution in [3.8, 4) is 0 Å². The van der Waals surface area contributed by atoms with Crippen LogP contribution in [0.2, 0.25) is 0 Å². The number of carbonyl (C=O) groups is 1. The zero-order chi connectivity index (χ0) is 13.6. The third kappa shape index (κ3) is 2.06. The lowest BCUT2D eigenvalue weighted by molar-refractivity contribution is 0.0753. The molecule has 100 valence electrons. The van der Waals surface area contributed by atoms with Gasteiger partial charge in [-0.3, -0.25) is 4.79 Å². The summed E-state index contributed by atoms with van der Waals surface area (Å²) in [6.45, 7) is 4.66. The molecule has 1 fully saturated rings. The fraction of sp³-hybridized carbons (Fsp3) is 0.500. The van der Waals surface area contributed by atoms with Gasteiger partial charge in [0.15, 0.2) is 0 Å². The van der Waals surface area contributed by atoms with E-state index in [0.717, 1.165) is 11.4 Å². The van der Waals surface area contributed by atoms with Gasteiger partial charge in [0.05, 0.1) is 6.10 Å². The molecule has 0 saturated carbocycles. The molecule has 1 aliphatic rings. The highest BCUT2D eigenvalue weighted by atomic mass is 16.3. The summed E-state index contributed by atoms with van der Waals surface area (Å²) >= 11 is 0. The van der Waals surface area contributed by atoms with E-state index in [0.29, 0.717) is 25.3 Å². The topological polar surface area (TPSA) is 83.6 Å². The zero-order valence-corrected chi connectivity index (χ0v) is 10.9. The second kappa shape index (κ2) is 4.27. The number of rotatable bonds is 1. The van der Waals surface area contributed by atoms with E-state index in [4.69, 9.17) is 0 Å². The van der Waals surface area contributed by atoms with Crippen LogP contribution in [0.25, 0.3) is 5.78 Å². The molecule has 3 heterocycles. The molecule has 1 aliphatic heterocycles. The number of likely N-dealkylation sites (tertiary alicyclic amines) is 1. The first-order valence-electron chi connectivity index (χ1n) is 6.23. The van der Waals surface area contributed by atoms with Crippen LogP contribution in [0.5, 0.6) is 0 Å². The lowest BCUT2D eigenvalue weighted by Crippen LogP contribution is -2.30. The molecule has 1 saturated heterocycles.